The molecule has 0 saturated carbocycles. The molecule has 2 unspecified atom stereocenters. The minimum atomic E-state index is 0.291. The molecule has 0 aromatic carbocycles. The zero-order chi connectivity index (χ0) is 8.10. The summed E-state index contributed by atoms with van der Waals surface area (Å²) in [6.07, 6.45) is 1.27. The van der Waals surface area contributed by atoms with Gasteiger partial charge in [0.25, 0.3) is 0 Å². The van der Waals surface area contributed by atoms with Crippen LogP contribution in [0.4, 0.5) is 0 Å². The Kier molecular flexibility index (Phi) is 4.26. The Morgan fingerprint density at radius 2 is 2.55 bits per heavy atom. The van der Waals surface area contributed by atoms with E-state index in [4.69, 9.17) is 5.11 Å². The number of aliphatic hydroxyl groups excluding tert-OH is 1. The highest BCUT2D eigenvalue weighted by atomic mass is 32.2. The van der Waals surface area contributed by atoms with Crippen LogP contribution in [0.25, 0.3) is 0 Å². The molecule has 3 heteroatoms. The second-order valence-corrected chi connectivity index (χ2v) is 4.12. The Morgan fingerprint density at radius 3 is 3.00 bits per heavy atom. The monoisotopic (exact) mass is 175 g/mol. The maximum atomic E-state index is 9.05. The number of hydrogen-bond donors (Lipinski definition) is 2. The summed E-state index contributed by atoms with van der Waals surface area (Å²) in [5.41, 5.74) is 0. The van der Waals surface area contributed by atoms with Crippen molar-refractivity contribution in [1.82, 2.24) is 5.32 Å². The molecule has 0 amide bonds. The van der Waals surface area contributed by atoms with Crippen molar-refractivity contribution in [2.45, 2.75) is 19.4 Å². The normalized spacial score (nSPS) is 27.3. The quantitative estimate of drug-likeness (QED) is 0.660. The van der Waals surface area contributed by atoms with E-state index in [0.29, 0.717) is 18.6 Å². The van der Waals surface area contributed by atoms with Crippen LogP contribution in [0.1, 0.15) is 13.3 Å². The van der Waals surface area contributed by atoms with Crippen molar-refractivity contribution in [2.75, 3.05) is 24.7 Å². The molecule has 2 atom stereocenters. The minimum absolute atomic E-state index is 0.291. The SMILES string of the molecule is CCNC(CO)C1CCSC1. The molecule has 0 aromatic heterocycles. The summed E-state index contributed by atoms with van der Waals surface area (Å²) in [5, 5.41) is 12.4. The van der Waals surface area contributed by atoms with E-state index in [-0.39, 0.29) is 0 Å². The molecule has 2 N–H and O–H groups in total. The van der Waals surface area contributed by atoms with Gasteiger partial charge in [-0.1, -0.05) is 6.92 Å². The summed E-state index contributed by atoms with van der Waals surface area (Å²) in [6.45, 7) is 3.34. The van der Waals surface area contributed by atoms with Crippen LogP contribution in [0.3, 0.4) is 0 Å². The van der Waals surface area contributed by atoms with E-state index in [1.165, 1.54) is 17.9 Å². The van der Waals surface area contributed by atoms with Gasteiger partial charge in [-0.3, -0.25) is 0 Å². The molecule has 0 spiro atoms. The molecule has 1 heterocycles. The lowest BCUT2D eigenvalue weighted by molar-refractivity contribution is 0.208. The number of likely N-dealkylation sites (N-methyl/N-ethyl adjacent to an activating group) is 1. The average molecular weight is 175 g/mol. The molecule has 11 heavy (non-hydrogen) atoms. The first kappa shape index (κ1) is 9.36. The third-order valence-corrected chi connectivity index (χ3v) is 3.39. The largest absolute Gasteiger partial charge is 0.395 e. The third-order valence-electron chi connectivity index (χ3n) is 2.20. The smallest absolute Gasteiger partial charge is 0.0587 e. The van der Waals surface area contributed by atoms with E-state index in [9.17, 15) is 0 Å². The summed E-state index contributed by atoms with van der Waals surface area (Å²) in [5.74, 6) is 3.19. The molecule has 0 bridgehead atoms. The molecule has 2 nitrogen and oxygen atoms in total. The van der Waals surface area contributed by atoms with Crippen LogP contribution in [0, 0.1) is 5.92 Å². The topological polar surface area (TPSA) is 32.3 Å². The predicted molar refractivity (Wildman–Crippen MR) is 50.0 cm³/mol. The molecule has 1 aliphatic rings. The van der Waals surface area contributed by atoms with Crippen LogP contribution in [0.2, 0.25) is 0 Å². The zero-order valence-corrected chi connectivity index (χ0v) is 7.86. The lowest BCUT2D eigenvalue weighted by Crippen LogP contribution is -2.39. The highest BCUT2D eigenvalue weighted by molar-refractivity contribution is 7.99. The molecule has 0 aliphatic carbocycles. The van der Waals surface area contributed by atoms with Gasteiger partial charge in [0.1, 0.15) is 0 Å². The summed E-state index contributed by atoms with van der Waals surface area (Å²) in [7, 11) is 0. The van der Waals surface area contributed by atoms with Gasteiger partial charge in [0, 0.05) is 6.04 Å². The van der Waals surface area contributed by atoms with Gasteiger partial charge in [-0.25, -0.2) is 0 Å². The van der Waals surface area contributed by atoms with E-state index in [2.05, 4.69) is 12.2 Å². The number of aliphatic hydroxyl groups is 1. The molecule has 1 fully saturated rings. The first-order chi connectivity index (χ1) is 5.38. The van der Waals surface area contributed by atoms with Gasteiger partial charge in [-0.05, 0) is 30.4 Å². The summed E-state index contributed by atoms with van der Waals surface area (Å²) in [6, 6.07) is 0.343. The highest BCUT2D eigenvalue weighted by Gasteiger charge is 2.23. The van der Waals surface area contributed by atoms with Gasteiger partial charge in [0.15, 0.2) is 0 Å². The van der Waals surface area contributed by atoms with Gasteiger partial charge < -0.3 is 10.4 Å². The molecule has 1 rings (SSSR count). The average Bonchev–Trinajstić information content (AvgIpc) is 2.52. The molecule has 0 aromatic rings. The summed E-state index contributed by atoms with van der Waals surface area (Å²) >= 11 is 2.00. The van der Waals surface area contributed by atoms with Crippen LogP contribution in [0.5, 0.6) is 0 Å². The van der Waals surface area contributed by atoms with Crippen molar-refractivity contribution >= 4 is 11.8 Å². The van der Waals surface area contributed by atoms with E-state index >= 15 is 0 Å². The number of nitrogens with one attached hydrogen (secondary N) is 1. The van der Waals surface area contributed by atoms with Crippen LogP contribution in [-0.2, 0) is 0 Å². The Hall–Kier alpha value is 0.270. The van der Waals surface area contributed by atoms with Crippen molar-refractivity contribution < 1.29 is 5.11 Å². The van der Waals surface area contributed by atoms with Crippen molar-refractivity contribution in [3.63, 3.8) is 0 Å². The van der Waals surface area contributed by atoms with Gasteiger partial charge in [-0.2, -0.15) is 11.8 Å². The van der Waals surface area contributed by atoms with Crippen molar-refractivity contribution in [3.8, 4) is 0 Å². The van der Waals surface area contributed by atoms with Crippen LogP contribution in [0.15, 0.2) is 0 Å². The van der Waals surface area contributed by atoms with Gasteiger partial charge in [0.2, 0.25) is 0 Å². The van der Waals surface area contributed by atoms with Crippen LogP contribution >= 0.6 is 11.8 Å². The lowest BCUT2D eigenvalue weighted by Gasteiger charge is -2.20. The number of thioether (sulfide) groups is 1. The first-order valence-corrected chi connectivity index (χ1v) is 5.46. The molecule has 0 radical (unpaired) electrons. The predicted octanol–water partition coefficient (Wildman–Crippen LogP) is 0.710. The van der Waals surface area contributed by atoms with E-state index < -0.39 is 0 Å². The fourth-order valence-corrected chi connectivity index (χ4v) is 2.85. The van der Waals surface area contributed by atoms with Crippen molar-refractivity contribution in [2.24, 2.45) is 5.92 Å². The fraction of sp³-hybridized carbons (Fsp3) is 1.00. The van der Waals surface area contributed by atoms with Crippen LogP contribution in [-0.4, -0.2) is 35.8 Å². The molecular weight excluding hydrogens is 158 g/mol. The third kappa shape index (κ3) is 2.65. The zero-order valence-electron chi connectivity index (χ0n) is 7.05. The lowest BCUT2D eigenvalue weighted by atomic mass is 10.0. The van der Waals surface area contributed by atoms with Crippen molar-refractivity contribution in [1.29, 1.82) is 0 Å². The highest BCUT2D eigenvalue weighted by Crippen LogP contribution is 2.25. The van der Waals surface area contributed by atoms with Gasteiger partial charge in [-0.15, -0.1) is 0 Å². The second kappa shape index (κ2) is 5.01. The maximum Gasteiger partial charge on any atom is 0.0587 e. The standard InChI is InChI=1S/C8H17NOS/c1-2-9-8(5-10)7-3-4-11-6-7/h7-10H,2-6H2,1H3. The van der Waals surface area contributed by atoms with E-state index in [1.807, 2.05) is 11.8 Å². The van der Waals surface area contributed by atoms with E-state index in [1.54, 1.807) is 0 Å². The Labute approximate surface area is 72.8 Å². The second-order valence-electron chi connectivity index (χ2n) is 2.97. The van der Waals surface area contributed by atoms with Gasteiger partial charge in [0.05, 0.1) is 6.61 Å². The van der Waals surface area contributed by atoms with Gasteiger partial charge >= 0.3 is 0 Å². The Bertz CT molecular complexity index is 104. The van der Waals surface area contributed by atoms with Crippen LogP contribution < -0.4 is 5.32 Å². The maximum absolute atomic E-state index is 9.05. The minimum Gasteiger partial charge on any atom is -0.395 e. The molecular formula is C8H17NOS. The summed E-state index contributed by atoms with van der Waals surface area (Å²) in [4.78, 5) is 0. The Balaban J connectivity index is 2.27. The fourth-order valence-electron chi connectivity index (χ4n) is 1.51. The molecule has 1 aliphatic heterocycles. The molecule has 1 saturated heterocycles. The number of hydrogen-bond acceptors (Lipinski definition) is 3. The van der Waals surface area contributed by atoms with Crippen molar-refractivity contribution in [3.05, 3.63) is 0 Å². The summed E-state index contributed by atoms with van der Waals surface area (Å²) < 4.78 is 0. The first-order valence-electron chi connectivity index (χ1n) is 4.30. The van der Waals surface area contributed by atoms with E-state index in [0.717, 1.165) is 6.54 Å². The molecule has 66 valence electrons. The Morgan fingerprint density at radius 1 is 1.73 bits per heavy atom. The number of rotatable bonds is 4.